The zero-order chi connectivity index (χ0) is 13.4. The maximum atomic E-state index is 9.88. The summed E-state index contributed by atoms with van der Waals surface area (Å²) in [6.07, 6.45) is 4.40. The van der Waals surface area contributed by atoms with Crippen molar-refractivity contribution in [3.63, 3.8) is 0 Å². The van der Waals surface area contributed by atoms with Crippen LogP contribution in [0.5, 0.6) is 5.75 Å². The van der Waals surface area contributed by atoms with Gasteiger partial charge in [-0.15, -0.1) is 0 Å². The lowest BCUT2D eigenvalue weighted by Crippen LogP contribution is -2.03. The molecule has 18 heavy (non-hydrogen) atoms. The van der Waals surface area contributed by atoms with Crippen LogP contribution in [0.2, 0.25) is 0 Å². The van der Waals surface area contributed by atoms with Crippen LogP contribution in [0.15, 0.2) is 24.3 Å². The second-order valence-corrected chi connectivity index (χ2v) is 4.96. The lowest BCUT2D eigenvalue weighted by atomic mass is 9.99. The fourth-order valence-corrected chi connectivity index (χ4v) is 1.80. The first kappa shape index (κ1) is 15.0. The van der Waals surface area contributed by atoms with E-state index in [4.69, 9.17) is 4.74 Å². The molecule has 0 bridgehead atoms. The van der Waals surface area contributed by atoms with Gasteiger partial charge in [0, 0.05) is 5.92 Å². The SMILES string of the molecule is CCCCCCOc1ccc(C(O)[C](C)C)cc1. The van der Waals surface area contributed by atoms with Gasteiger partial charge in [-0.05, 0) is 24.1 Å². The Hall–Kier alpha value is -1.02. The van der Waals surface area contributed by atoms with Crippen molar-refractivity contribution in [3.8, 4) is 5.75 Å². The largest absolute Gasteiger partial charge is 0.494 e. The molecular formula is C16H25O2. The molecule has 0 spiro atoms. The van der Waals surface area contributed by atoms with Crippen LogP contribution in [0.4, 0.5) is 0 Å². The van der Waals surface area contributed by atoms with Crippen LogP contribution in [0.1, 0.15) is 58.1 Å². The minimum absolute atomic E-state index is 0.469. The lowest BCUT2D eigenvalue weighted by molar-refractivity contribution is 0.192. The number of hydrogen-bond donors (Lipinski definition) is 1. The quantitative estimate of drug-likeness (QED) is 0.696. The Balaban J connectivity index is 2.36. The minimum Gasteiger partial charge on any atom is -0.494 e. The van der Waals surface area contributed by atoms with Crippen LogP contribution in [0, 0.1) is 5.92 Å². The van der Waals surface area contributed by atoms with Crippen molar-refractivity contribution in [1.82, 2.24) is 0 Å². The molecule has 0 aliphatic rings. The number of aliphatic hydroxyl groups excluding tert-OH is 1. The summed E-state index contributed by atoms with van der Waals surface area (Å²) in [5.41, 5.74) is 0.924. The van der Waals surface area contributed by atoms with Gasteiger partial charge in [0.2, 0.25) is 0 Å². The van der Waals surface area contributed by atoms with Gasteiger partial charge < -0.3 is 9.84 Å². The molecule has 101 valence electrons. The van der Waals surface area contributed by atoms with Crippen molar-refractivity contribution in [3.05, 3.63) is 35.7 Å². The van der Waals surface area contributed by atoms with Gasteiger partial charge in [-0.2, -0.15) is 0 Å². The van der Waals surface area contributed by atoms with Gasteiger partial charge in [-0.1, -0.05) is 52.2 Å². The van der Waals surface area contributed by atoms with E-state index in [1.807, 2.05) is 38.1 Å². The summed E-state index contributed by atoms with van der Waals surface area (Å²) >= 11 is 0. The average molecular weight is 249 g/mol. The fourth-order valence-electron chi connectivity index (χ4n) is 1.80. The van der Waals surface area contributed by atoms with Crippen molar-refractivity contribution < 1.29 is 9.84 Å². The van der Waals surface area contributed by atoms with Crippen LogP contribution in [0.25, 0.3) is 0 Å². The number of benzene rings is 1. The summed E-state index contributed by atoms with van der Waals surface area (Å²) in [4.78, 5) is 0. The molecule has 2 nitrogen and oxygen atoms in total. The first-order valence-corrected chi connectivity index (χ1v) is 6.86. The van der Waals surface area contributed by atoms with Gasteiger partial charge in [0.05, 0.1) is 12.7 Å². The third-order valence-electron chi connectivity index (χ3n) is 3.01. The Morgan fingerprint density at radius 1 is 1.11 bits per heavy atom. The number of ether oxygens (including phenoxy) is 1. The van der Waals surface area contributed by atoms with E-state index in [2.05, 4.69) is 6.92 Å². The summed E-state index contributed by atoms with van der Waals surface area (Å²) in [5, 5.41) is 9.88. The van der Waals surface area contributed by atoms with Gasteiger partial charge in [0.15, 0.2) is 0 Å². The standard InChI is InChI=1S/C16H25O2/c1-4-5-6-7-12-18-15-10-8-14(9-11-15)16(17)13(2)3/h8-11,16-17H,4-7,12H2,1-3H3. The molecule has 0 saturated carbocycles. The molecule has 0 heterocycles. The molecule has 1 unspecified atom stereocenters. The number of rotatable bonds is 8. The highest BCUT2D eigenvalue weighted by Gasteiger charge is 2.11. The van der Waals surface area contributed by atoms with Crippen LogP contribution in [-0.4, -0.2) is 11.7 Å². The molecule has 0 saturated heterocycles. The highest BCUT2D eigenvalue weighted by molar-refractivity contribution is 5.30. The molecule has 0 aliphatic carbocycles. The predicted octanol–water partition coefficient (Wildman–Crippen LogP) is 4.29. The van der Waals surface area contributed by atoms with Crippen molar-refractivity contribution in [2.75, 3.05) is 6.61 Å². The molecule has 0 aromatic heterocycles. The summed E-state index contributed by atoms with van der Waals surface area (Å²) in [6.45, 7) is 6.85. The summed E-state index contributed by atoms with van der Waals surface area (Å²) in [5.74, 6) is 1.89. The van der Waals surface area contributed by atoms with E-state index in [1.165, 1.54) is 19.3 Å². The van der Waals surface area contributed by atoms with E-state index in [-0.39, 0.29) is 0 Å². The molecule has 1 rings (SSSR count). The molecule has 0 aliphatic heterocycles. The molecule has 2 heteroatoms. The normalized spacial score (nSPS) is 12.7. The maximum absolute atomic E-state index is 9.88. The van der Waals surface area contributed by atoms with E-state index >= 15 is 0 Å². The maximum Gasteiger partial charge on any atom is 0.119 e. The van der Waals surface area contributed by atoms with Crippen molar-refractivity contribution >= 4 is 0 Å². The topological polar surface area (TPSA) is 29.5 Å². The third-order valence-corrected chi connectivity index (χ3v) is 3.01. The Morgan fingerprint density at radius 3 is 2.33 bits per heavy atom. The monoisotopic (exact) mass is 249 g/mol. The van der Waals surface area contributed by atoms with Crippen LogP contribution in [0.3, 0.4) is 0 Å². The van der Waals surface area contributed by atoms with E-state index < -0.39 is 6.10 Å². The molecule has 1 radical (unpaired) electrons. The zero-order valence-corrected chi connectivity index (χ0v) is 11.8. The van der Waals surface area contributed by atoms with E-state index in [0.29, 0.717) is 0 Å². The summed E-state index contributed by atoms with van der Waals surface area (Å²) < 4.78 is 5.66. The fraction of sp³-hybridized carbons (Fsp3) is 0.562. The zero-order valence-electron chi connectivity index (χ0n) is 11.8. The molecular weight excluding hydrogens is 224 g/mol. The molecule has 1 N–H and O–H groups in total. The van der Waals surface area contributed by atoms with Crippen LogP contribution >= 0.6 is 0 Å². The summed E-state index contributed by atoms with van der Waals surface area (Å²) in [6, 6.07) is 7.72. The smallest absolute Gasteiger partial charge is 0.119 e. The average Bonchev–Trinajstić information content (AvgIpc) is 2.38. The second kappa shape index (κ2) is 8.15. The molecule has 1 aromatic rings. The Labute approximate surface area is 111 Å². The Kier molecular flexibility index (Phi) is 6.81. The predicted molar refractivity (Wildman–Crippen MR) is 75.6 cm³/mol. The van der Waals surface area contributed by atoms with E-state index in [1.54, 1.807) is 0 Å². The first-order valence-electron chi connectivity index (χ1n) is 6.86. The van der Waals surface area contributed by atoms with E-state index in [0.717, 1.165) is 30.3 Å². The van der Waals surface area contributed by atoms with Gasteiger partial charge in [-0.25, -0.2) is 0 Å². The third kappa shape index (κ3) is 5.09. The highest BCUT2D eigenvalue weighted by atomic mass is 16.5. The van der Waals surface area contributed by atoms with Crippen molar-refractivity contribution in [1.29, 1.82) is 0 Å². The van der Waals surface area contributed by atoms with Gasteiger partial charge in [0.1, 0.15) is 5.75 Å². The Morgan fingerprint density at radius 2 is 1.78 bits per heavy atom. The molecule has 0 amide bonds. The van der Waals surface area contributed by atoms with Gasteiger partial charge in [-0.3, -0.25) is 0 Å². The number of aliphatic hydroxyl groups is 1. The van der Waals surface area contributed by atoms with Gasteiger partial charge >= 0.3 is 0 Å². The minimum atomic E-state index is -0.469. The second-order valence-electron chi connectivity index (χ2n) is 4.96. The van der Waals surface area contributed by atoms with Crippen molar-refractivity contribution in [2.24, 2.45) is 0 Å². The van der Waals surface area contributed by atoms with Crippen LogP contribution in [-0.2, 0) is 0 Å². The van der Waals surface area contributed by atoms with E-state index in [9.17, 15) is 5.11 Å². The number of unbranched alkanes of at least 4 members (excludes halogenated alkanes) is 3. The highest BCUT2D eigenvalue weighted by Crippen LogP contribution is 2.24. The van der Waals surface area contributed by atoms with Gasteiger partial charge in [0.25, 0.3) is 0 Å². The molecule has 1 aromatic carbocycles. The molecule has 0 fully saturated rings. The Bertz CT molecular complexity index is 316. The summed E-state index contributed by atoms with van der Waals surface area (Å²) in [7, 11) is 0. The molecule has 1 atom stereocenters. The van der Waals surface area contributed by atoms with Crippen LogP contribution < -0.4 is 4.74 Å². The number of hydrogen-bond acceptors (Lipinski definition) is 2. The van der Waals surface area contributed by atoms with Crippen molar-refractivity contribution in [2.45, 2.75) is 52.6 Å². The first-order chi connectivity index (χ1) is 8.65. The lowest BCUT2D eigenvalue weighted by Gasteiger charge is -2.14.